The summed E-state index contributed by atoms with van der Waals surface area (Å²) in [4.78, 5) is 16.6. The van der Waals surface area contributed by atoms with E-state index in [4.69, 9.17) is 0 Å². The fourth-order valence-electron chi connectivity index (χ4n) is 3.05. The third-order valence-electron chi connectivity index (χ3n) is 4.03. The standard InChI is InChI=1S/C13H24N2OS/c1-2-5-14-6-3-12(4-7-14)15-9-11(10-17)8-13(15)16/h11-12,17H,2-10H2,1H3. The largest absolute Gasteiger partial charge is 0.339 e. The summed E-state index contributed by atoms with van der Waals surface area (Å²) in [5.41, 5.74) is 0. The van der Waals surface area contributed by atoms with Crippen molar-refractivity contribution in [1.29, 1.82) is 0 Å². The van der Waals surface area contributed by atoms with Gasteiger partial charge in [-0.05, 0) is 37.5 Å². The van der Waals surface area contributed by atoms with Gasteiger partial charge < -0.3 is 9.80 Å². The van der Waals surface area contributed by atoms with Gasteiger partial charge in [-0.15, -0.1) is 0 Å². The van der Waals surface area contributed by atoms with Crippen LogP contribution in [0.4, 0.5) is 0 Å². The van der Waals surface area contributed by atoms with E-state index in [0.717, 1.165) is 44.6 Å². The molecule has 2 saturated heterocycles. The van der Waals surface area contributed by atoms with Gasteiger partial charge in [0.15, 0.2) is 0 Å². The molecule has 2 aliphatic heterocycles. The van der Waals surface area contributed by atoms with E-state index < -0.39 is 0 Å². The molecule has 2 aliphatic rings. The smallest absolute Gasteiger partial charge is 0.223 e. The van der Waals surface area contributed by atoms with Gasteiger partial charge in [0.2, 0.25) is 5.91 Å². The van der Waals surface area contributed by atoms with Crippen LogP contribution in [0.25, 0.3) is 0 Å². The summed E-state index contributed by atoms with van der Waals surface area (Å²) < 4.78 is 0. The number of hydrogen-bond donors (Lipinski definition) is 1. The highest BCUT2D eigenvalue weighted by Crippen LogP contribution is 2.26. The van der Waals surface area contributed by atoms with Crippen LogP contribution in [0.2, 0.25) is 0 Å². The predicted molar refractivity (Wildman–Crippen MR) is 73.4 cm³/mol. The molecular weight excluding hydrogens is 232 g/mol. The maximum atomic E-state index is 11.9. The van der Waals surface area contributed by atoms with Gasteiger partial charge in [-0.2, -0.15) is 12.6 Å². The second kappa shape index (κ2) is 6.10. The van der Waals surface area contributed by atoms with Crippen LogP contribution in [0.15, 0.2) is 0 Å². The van der Waals surface area contributed by atoms with Crippen LogP contribution in [0.5, 0.6) is 0 Å². The van der Waals surface area contributed by atoms with Gasteiger partial charge in [0.25, 0.3) is 0 Å². The van der Waals surface area contributed by atoms with Crippen LogP contribution in [-0.2, 0) is 4.79 Å². The minimum Gasteiger partial charge on any atom is -0.339 e. The molecule has 0 radical (unpaired) electrons. The van der Waals surface area contributed by atoms with E-state index in [-0.39, 0.29) is 0 Å². The first-order valence-electron chi connectivity index (χ1n) is 6.87. The van der Waals surface area contributed by atoms with Gasteiger partial charge in [-0.25, -0.2) is 0 Å². The zero-order valence-corrected chi connectivity index (χ0v) is 11.7. The van der Waals surface area contributed by atoms with Crippen LogP contribution in [0.1, 0.15) is 32.6 Å². The van der Waals surface area contributed by atoms with Crippen molar-refractivity contribution in [1.82, 2.24) is 9.80 Å². The monoisotopic (exact) mass is 256 g/mol. The van der Waals surface area contributed by atoms with Crippen molar-refractivity contribution in [3.05, 3.63) is 0 Å². The average Bonchev–Trinajstić information content (AvgIpc) is 2.72. The van der Waals surface area contributed by atoms with Crippen LogP contribution in [-0.4, -0.2) is 53.7 Å². The molecule has 2 rings (SSSR count). The number of likely N-dealkylation sites (tertiary alicyclic amines) is 2. The summed E-state index contributed by atoms with van der Waals surface area (Å²) in [6.07, 6.45) is 4.27. The molecule has 0 aromatic rings. The first kappa shape index (κ1) is 13.2. The molecule has 1 amide bonds. The van der Waals surface area contributed by atoms with Crippen LogP contribution >= 0.6 is 12.6 Å². The highest BCUT2D eigenvalue weighted by atomic mass is 32.1. The molecule has 0 bridgehead atoms. The molecule has 0 aromatic carbocycles. The third kappa shape index (κ3) is 3.16. The van der Waals surface area contributed by atoms with Crippen molar-refractivity contribution >= 4 is 18.5 Å². The molecule has 98 valence electrons. The Morgan fingerprint density at radius 1 is 1.35 bits per heavy atom. The van der Waals surface area contributed by atoms with Gasteiger partial charge in [-0.1, -0.05) is 6.92 Å². The van der Waals surface area contributed by atoms with E-state index in [1.54, 1.807) is 0 Å². The van der Waals surface area contributed by atoms with Gasteiger partial charge >= 0.3 is 0 Å². The molecule has 0 N–H and O–H groups in total. The second-order valence-electron chi connectivity index (χ2n) is 5.37. The molecule has 3 nitrogen and oxygen atoms in total. The van der Waals surface area contributed by atoms with Crippen molar-refractivity contribution in [2.45, 2.75) is 38.6 Å². The van der Waals surface area contributed by atoms with Crippen molar-refractivity contribution < 1.29 is 4.79 Å². The van der Waals surface area contributed by atoms with Gasteiger partial charge in [0.05, 0.1) is 0 Å². The molecule has 1 atom stereocenters. The lowest BCUT2D eigenvalue weighted by Gasteiger charge is -2.36. The minimum atomic E-state index is 0.359. The lowest BCUT2D eigenvalue weighted by atomic mass is 10.0. The van der Waals surface area contributed by atoms with Crippen LogP contribution in [0, 0.1) is 5.92 Å². The predicted octanol–water partition coefficient (Wildman–Crippen LogP) is 1.64. The Bertz CT molecular complexity index is 264. The molecule has 2 fully saturated rings. The molecule has 2 heterocycles. The average molecular weight is 256 g/mol. The maximum absolute atomic E-state index is 11.9. The number of piperidine rings is 1. The van der Waals surface area contributed by atoms with Crippen molar-refractivity contribution in [2.24, 2.45) is 5.92 Å². The highest BCUT2D eigenvalue weighted by Gasteiger charge is 2.34. The number of nitrogens with zero attached hydrogens (tertiary/aromatic N) is 2. The molecular formula is C13H24N2OS. The normalized spacial score (nSPS) is 28.0. The van der Waals surface area contributed by atoms with E-state index in [2.05, 4.69) is 29.4 Å². The summed E-state index contributed by atoms with van der Waals surface area (Å²) in [5.74, 6) is 1.69. The molecule has 0 aliphatic carbocycles. The number of thiol groups is 1. The number of hydrogen-bond acceptors (Lipinski definition) is 3. The SMILES string of the molecule is CCCN1CCC(N2CC(CS)CC2=O)CC1. The number of rotatable bonds is 4. The summed E-state index contributed by atoms with van der Waals surface area (Å²) in [7, 11) is 0. The molecule has 0 saturated carbocycles. The van der Waals surface area contributed by atoms with E-state index in [0.29, 0.717) is 17.9 Å². The van der Waals surface area contributed by atoms with Gasteiger partial charge in [-0.3, -0.25) is 4.79 Å². The molecule has 1 unspecified atom stereocenters. The van der Waals surface area contributed by atoms with Gasteiger partial charge in [0.1, 0.15) is 0 Å². The maximum Gasteiger partial charge on any atom is 0.223 e. The fourth-order valence-corrected chi connectivity index (χ4v) is 3.30. The zero-order valence-electron chi connectivity index (χ0n) is 10.8. The summed E-state index contributed by atoms with van der Waals surface area (Å²) in [5, 5.41) is 0. The third-order valence-corrected chi connectivity index (χ3v) is 4.55. The molecule has 0 aromatic heterocycles. The van der Waals surface area contributed by atoms with Crippen LogP contribution < -0.4 is 0 Å². The van der Waals surface area contributed by atoms with Gasteiger partial charge in [0, 0.05) is 32.1 Å². The lowest BCUT2D eigenvalue weighted by Crippen LogP contribution is -2.45. The van der Waals surface area contributed by atoms with E-state index >= 15 is 0 Å². The number of carbonyl (C=O) groups is 1. The Hall–Kier alpha value is -0.220. The Morgan fingerprint density at radius 2 is 2.06 bits per heavy atom. The second-order valence-corrected chi connectivity index (χ2v) is 5.74. The fraction of sp³-hybridized carbons (Fsp3) is 0.923. The zero-order chi connectivity index (χ0) is 12.3. The van der Waals surface area contributed by atoms with Crippen molar-refractivity contribution in [3.63, 3.8) is 0 Å². The minimum absolute atomic E-state index is 0.359. The number of amides is 1. The Morgan fingerprint density at radius 3 is 2.59 bits per heavy atom. The summed E-state index contributed by atoms with van der Waals surface area (Å²) >= 11 is 4.32. The number of carbonyl (C=O) groups excluding carboxylic acids is 1. The molecule has 4 heteroatoms. The quantitative estimate of drug-likeness (QED) is 0.773. The molecule has 17 heavy (non-hydrogen) atoms. The first-order valence-corrected chi connectivity index (χ1v) is 7.50. The first-order chi connectivity index (χ1) is 8.24. The van der Waals surface area contributed by atoms with E-state index in [9.17, 15) is 4.79 Å². The topological polar surface area (TPSA) is 23.6 Å². The van der Waals surface area contributed by atoms with Crippen LogP contribution in [0.3, 0.4) is 0 Å². The lowest BCUT2D eigenvalue weighted by molar-refractivity contribution is -0.130. The summed E-state index contributed by atoms with van der Waals surface area (Å²) in [6.45, 7) is 6.70. The molecule has 0 spiro atoms. The van der Waals surface area contributed by atoms with Crippen molar-refractivity contribution in [3.8, 4) is 0 Å². The van der Waals surface area contributed by atoms with E-state index in [1.807, 2.05) is 0 Å². The Labute approximate surface area is 110 Å². The summed E-state index contributed by atoms with van der Waals surface area (Å²) in [6, 6.07) is 0.500. The highest BCUT2D eigenvalue weighted by molar-refractivity contribution is 7.80. The Balaban J connectivity index is 1.82. The Kier molecular flexibility index (Phi) is 4.74. The van der Waals surface area contributed by atoms with E-state index in [1.165, 1.54) is 13.0 Å². The van der Waals surface area contributed by atoms with Crippen molar-refractivity contribution in [2.75, 3.05) is 31.9 Å².